The highest BCUT2D eigenvalue weighted by molar-refractivity contribution is 9.10. The van der Waals surface area contributed by atoms with Crippen LogP contribution >= 0.6 is 15.9 Å². The minimum atomic E-state index is -3.48. The molecule has 6 heteroatoms. The quantitative estimate of drug-likeness (QED) is 0.794. The summed E-state index contributed by atoms with van der Waals surface area (Å²) in [6, 6.07) is 3.75. The van der Waals surface area contributed by atoms with Crippen molar-refractivity contribution in [3.05, 3.63) is 27.7 Å². The second kappa shape index (κ2) is 7.72. The molecule has 0 saturated carbocycles. The fourth-order valence-electron chi connectivity index (χ4n) is 2.25. The third-order valence-corrected chi connectivity index (χ3v) is 6.48. The number of rotatable bonds is 7. The maximum atomic E-state index is 12.9. The van der Waals surface area contributed by atoms with Crippen molar-refractivity contribution in [3.63, 3.8) is 0 Å². The van der Waals surface area contributed by atoms with Gasteiger partial charge in [0.05, 0.1) is 4.90 Å². The Morgan fingerprint density at radius 1 is 1.33 bits per heavy atom. The maximum absolute atomic E-state index is 12.9. The van der Waals surface area contributed by atoms with Crippen molar-refractivity contribution < 1.29 is 8.42 Å². The summed E-state index contributed by atoms with van der Waals surface area (Å²) in [6.07, 6.45) is 0. The van der Waals surface area contributed by atoms with Crippen molar-refractivity contribution in [1.29, 1.82) is 0 Å². The highest BCUT2D eigenvalue weighted by atomic mass is 79.9. The molecule has 4 nitrogen and oxygen atoms in total. The van der Waals surface area contributed by atoms with Crippen LogP contribution < -0.4 is 5.32 Å². The lowest BCUT2D eigenvalue weighted by Crippen LogP contribution is -2.34. The van der Waals surface area contributed by atoms with Crippen LogP contribution in [0.5, 0.6) is 0 Å². The molecule has 0 aliphatic carbocycles. The third-order valence-electron chi connectivity index (χ3n) is 3.20. The number of nitrogens with one attached hydrogen (secondary N) is 1. The van der Waals surface area contributed by atoms with Gasteiger partial charge < -0.3 is 5.32 Å². The number of halogens is 1. The van der Waals surface area contributed by atoms with Gasteiger partial charge in [0.25, 0.3) is 0 Å². The van der Waals surface area contributed by atoms with Crippen molar-refractivity contribution in [2.45, 2.75) is 39.1 Å². The first kappa shape index (κ1) is 18.6. The fraction of sp³-hybridized carbons (Fsp3) is 0.600. The molecule has 1 rings (SSSR count). The number of sulfonamides is 1. The van der Waals surface area contributed by atoms with Gasteiger partial charge in [0, 0.05) is 24.1 Å². The lowest BCUT2D eigenvalue weighted by molar-refractivity contribution is 0.380. The van der Waals surface area contributed by atoms with Crippen LogP contribution in [0.25, 0.3) is 0 Å². The largest absolute Gasteiger partial charge is 0.316 e. The van der Waals surface area contributed by atoms with E-state index in [1.54, 1.807) is 10.4 Å². The standard InChI is InChI=1S/C15H25BrN2O2S/c1-6-18(10-11(2)3)21(19,20)14-8-13(9-17-5)7-12(4)15(14)16/h7-8,11,17H,6,9-10H2,1-5H3. The van der Waals surface area contributed by atoms with Crippen LogP contribution in [-0.2, 0) is 16.6 Å². The van der Waals surface area contributed by atoms with Gasteiger partial charge in [-0.3, -0.25) is 0 Å². The highest BCUT2D eigenvalue weighted by Crippen LogP contribution is 2.30. The SMILES string of the molecule is CCN(CC(C)C)S(=O)(=O)c1cc(CNC)cc(C)c1Br. The maximum Gasteiger partial charge on any atom is 0.244 e. The Hall–Kier alpha value is -0.430. The van der Waals surface area contributed by atoms with Gasteiger partial charge >= 0.3 is 0 Å². The molecule has 0 radical (unpaired) electrons. The topological polar surface area (TPSA) is 49.4 Å². The zero-order valence-electron chi connectivity index (χ0n) is 13.4. The Bertz CT molecular complexity index is 586. The third kappa shape index (κ3) is 4.52. The minimum Gasteiger partial charge on any atom is -0.316 e. The average molecular weight is 377 g/mol. The van der Waals surface area contributed by atoms with Crippen molar-refractivity contribution >= 4 is 26.0 Å². The molecular weight excluding hydrogens is 352 g/mol. The monoisotopic (exact) mass is 376 g/mol. The fourth-order valence-corrected chi connectivity index (χ4v) is 4.89. The average Bonchev–Trinajstić information content (AvgIpc) is 2.39. The van der Waals surface area contributed by atoms with Crippen molar-refractivity contribution in [1.82, 2.24) is 9.62 Å². The molecule has 0 heterocycles. The number of hydrogen-bond acceptors (Lipinski definition) is 3. The van der Waals surface area contributed by atoms with Gasteiger partial charge in [0.2, 0.25) is 10.0 Å². The van der Waals surface area contributed by atoms with Crippen LogP contribution in [0.15, 0.2) is 21.5 Å². The van der Waals surface area contributed by atoms with E-state index in [-0.39, 0.29) is 0 Å². The number of benzene rings is 1. The predicted molar refractivity (Wildman–Crippen MR) is 90.9 cm³/mol. The molecule has 0 atom stereocenters. The van der Waals surface area contributed by atoms with E-state index in [9.17, 15) is 8.42 Å². The molecular formula is C15H25BrN2O2S. The van der Waals surface area contributed by atoms with Gasteiger partial charge in [-0.05, 0) is 53.0 Å². The summed E-state index contributed by atoms with van der Waals surface area (Å²) in [5.41, 5.74) is 1.90. The van der Waals surface area contributed by atoms with Gasteiger partial charge in [0.15, 0.2) is 0 Å². The van der Waals surface area contributed by atoms with E-state index in [0.717, 1.165) is 11.1 Å². The molecule has 0 saturated heterocycles. The summed E-state index contributed by atoms with van der Waals surface area (Å²) >= 11 is 3.44. The Labute approximate surface area is 137 Å². The molecule has 0 spiro atoms. The summed E-state index contributed by atoms with van der Waals surface area (Å²) in [7, 11) is -1.63. The lowest BCUT2D eigenvalue weighted by Gasteiger charge is -2.24. The summed E-state index contributed by atoms with van der Waals surface area (Å²) in [6.45, 7) is 9.49. The van der Waals surface area contributed by atoms with E-state index in [2.05, 4.69) is 21.2 Å². The first-order valence-corrected chi connectivity index (χ1v) is 9.41. The van der Waals surface area contributed by atoms with Crippen LogP contribution in [0.1, 0.15) is 31.9 Å². The molecule has 0 aromatic heterocycles. The van der Waals surface area contributed by atoms with Gasteiger partial charge in [-0.2, -0.15) is 4.31 Å². The molecule has 0 amide bonds. The zero-order chi connectivity index (χ0) is 16.2. The molecule has 1 aromatic carbocycles. The second-order valence-corrected chi connectivity index (χ2v) is 8.30. The zero-order valence-corrected chi connectivity index (χ0v) is 15.8. The Balaban J connectivity index is 3.35. The molecule has 0 fully saturated rings. The van der Waals surface area contributed by atoms with Crippen LogP contribution in [0, 0.1) is 12.8 Å². The van der Waals surface area contributed by atoms with Crippen LogP contribution in [-0.4, -0.2) is 32.9 Å². The van der Waals surface area contributed by atoms with E-state index in [1.807, 2.05) is 40.8 Å². The van der Waals surface area contributed by atoms with Gasteiger partial charge in [0.1, 0.15) is 0 Å². The van der Waals surface area contributed by atoms with Gasteiger partial charge in [-0.15, -0.1) is 0 Å². The van der Waals surface area contributed by atoms with Crippen LogP contribution in [0.4, 0.5) is 0 Å². The van der Waals surface area contributed by atoms with Crippen molar-refractivity contribution in [3.8, 4) is 0 Å². The van der Waals surface area contributed by atoms with Gasteiger partial charge in [-0.25, -0.2) is 8.42 Å². The minimum absolute atomic E-state index is 0.292. The molecule has 1 N–H and O–H groups in total. The molecule has 0 unspecified atom stereocenters. The summed E-state index contributed by atoms with van der Waals surface area (Å²) in [4.78, 5) is 0.357. The van der Waals surface area contributed by atoms with Crippen LogP contribution in [0.3, 0.4) is 0 Å². The van der Waals surface area contributed by atoms with E-state index < -0.39 is 10.0 Å². The molecule has 120 valence electrons. The second-order valence-electron chi connectivity index (χ2n) is 5.60. The molecule has 1 aromatic rings. The first-order valence-electron chi connectivity index (χ1n) is 7.17. The number of aryl methyl sites for hydroxylation is 1. The summed E-state index contributed by atoms with van der Waals surface area (Å²) in [5.74, 6) is 0.292. The van der Waals surface area contributed by atoms with Gasteiger partial charge in [-0.1, -0.05) is 26.8 Å². The number of nitrogens with zero attached hydrogens (tertiary/aromatic N) is 1. The molecule has 21 heavy (non-hydrogen) atoms. The van der Waals surface area contributed by atoms with Crippen molar-refractivity contribution in [2.75, 3.05) is 20.1 Å². The molecule has 0 aliphatic rings. The summed E-state index contributed by atoms with van der Waals surface area (Å²) < 4.78 is 28.0. The number of hydrogen-bond donors (Lipinski definition) is 1. The van der Waals surface area contributed by atoms with E-state index in [0.29, 0.717) is 34.9 Å². The Morgan fingerprint density at radius 2 is 1.95 bits per heavy atom. The van der Waals surface area contributed by atoms with Crippen LogP contribution in [0.2, 0.25) is 0 Å². The van der Waals surface area contributed by atoms with Crippen molar-refractivity contribution in [2.24, 2.45) is 5.92 Å². The van der Waals surface area contributed by atoms with E-state index in [1.165, 1.54) is 0 Å². The highest BCUT2D eigenvalue weighted by Gasteiger charge is 2.27. The Kier molecular flexibility index (Phi) is 6.84. The summed E-state index contributed by atoms with van der Waals surface area (Å²) in [5, 5.41) is 3.06. The Morgan fingerprint density at radius 3 is 2.43 bits per heavy atom. The molecule has 0 aliphatic heterocycles. The first-order chi connectivity index (χ1) is 9.73. The van der Waals surface area contributed by atoms with E-state index in [4.69, 9.17) is 0 Å². The lowest BCUT2D eigenvalue weighted by atomic mass is 10.1. The molecule has 0 bridgehead atoms. The smallest absolute Gasteiger partial charge is 0.244 e. The normalized spacial score (nSPS) is 12.4. The predicted octanol–water partition coefficient (Wildman–Crippen LogP) is 3.14. The van der Waals surface area contributed by atoms with E-state index >= 15 is 0 Å².